The maximum absolute atomic E-state index is 12.6. The molecule has 6 nitrogen and oxygen atoms in total. The van der Waals surface area contributed by atoms with Crippen molar-refractivity contribution in [3.05, 3.63) is 47.0 Å². The first-order chi connectivity index (χ1) is 13.5. The standard InChI is InChI=1S/C21H20ClN5O/c1-27(2)15-8-14(9-15)21(28)24-20-17-10-13(4-6-19(17)25-26-20)16-7-12(11-23)3-5-18(16)22/h3-7,10,14-15H,8-9H2,1-2H3,(H2,24,25,26,28). The number of rotatable bonds is 4. The molecule has 1 aliphatic carbocycles. The number of carbonyl (C=O) groups is 1. The van der Waals surface area contributed by atoms with Crippen LogP contribution in [0.2, 0.25) is 5.02 Å². The Balaban J connectivity index is 1.61. The van der Waals surface area contributed by atoms with E-state index in [4.69, 9.17) is 16.9 Å². The molecule has 28 heavy (non-hydrogen) atoms. The number of amides is 1. The molecule has 1 heterocycles. The van der Waals surface area contributed by atoms with E-state index in [1.165, 1.54) is 0 Å². The van der Waals surface area contributed by atoms with Gasteiger partial charge in [0.15, 0.2) is 5.82 Å². The molecule has 0 spiro atoms. The van der Waals surface area contributed by atoms with E-state index in [0.717, 1.165) is 34.9 Å². The van der Waals surface area contributed by atoms with E-state index in [2.05, 4.69) is 26.5 Å². The highest BCUT2D eigenvalue weighted by Gasteiger charge is 2.35. The van der Waals surface area contributed by atoms with Gasteiger partial charge in [-0.25, -0.2) is 0 Å². The van der Waals surface area contributed by atoms with E-state index in [-0.39, 0.29) is 11.8 Å². The quantitative estimate of drug-likeness (QED) is 0.700. The molecule has 0 unspecified atom stereocenters. The van der Waals surface area contributed by atoms with Crippen molar-refractivity contribution < 1.29 is 4.79 Å². The van der Waals surface area contributed by atoms with Crippen molar-refractivity contribution in [1.29, 1.82) is 5.26 Å². The Morgan fingerprint density at radius 3 is 2.79 bits per heavy atom. The molecule has 1 fully saturated rings. The first kappa shape index (κ1) is 18.5. The van der Waals surface area contributed by atoms with Gasteiger partial charge < -0.3 is 10.2 Å². The number of halogens is 1. The molecule has 2 N–H and O–H groups in total. The van der Waals surface area contributed by atoms with Crippen LogP contribution in [0.25, 0.3) is 22.0 Å². The average Bonchev–Trinajstić information content (AvgIpc) is 3.02. The summed E-state index contributed by atoms with van der Waals surface area (Å²) >= 11 is 6.34. The van der Waals surface area contributed by atoms with Gasteiger partial charge in [0.1, 0.15) is 0 Å². The fourth-order valence-corrected chi connectivity index (χ4v) is 3.76. The third-order valence-corrected chi connectivity index (χ3v) is 5.75. The Labute approximate surface area is 168 Å². The van der Waals surface area contributed by atoms with Crippen LogP contribution in [-0.2, 0) is 4.79 Å². The molecule has 0 aliphatic heterocycles. The van der Waals surface area contributed by atoms with Crippen LogP contribution < -0.4 is 5.32 Å². The first-order valence-electron chi connectivity index (χ1n) is 9.11. The summed E-state index contributed by atoms with van der Waals surface area (Å²) in [5, 5.41) is 20.7. The van der Waals surface area contributed by atoms with Crippen LogP contribution in [-0.4, -0.2) is 41.1 Å². The fraction of sp³-hybridized carbons (Fsp3) is 0.286. The number of fused-ring (bicyclic) bond motifs is 1. The molecule has 7 heteroatoms. The predicted octanol–water partition coefficient (Wildman–Crippen LogP) is 4.03. The van der Waals surface area contributed by atoms with E-state index >= 15 is 0 Å². The summed E-state index contributed by atoms with van der Waals surface area (Å²) in [6, 6.07) is 13.5. The smallest absolute Gasteiger partial charge is 0.228 e. The molecular formula is C21H20ClN5O. The van der Waals surface area contributed by atoms with Gasteiger partial charge in [0.2, 0.25) is 5.91 Å². The van der Waals surface area contributed by atoms with E-state index < -0.39 is 0 Å². The Hall–Kier alpha value is -2.88. The average molecular weight is 394 g/mol. The number of hydrogen-bond donors (Lipinski definition) is 2. The van der Waals surface area contributed by atoms with Crippen LogP contribution in [0.15, 0.2) is 36.4 Å². The number of nitrogens with one attached hydrogen (secondary N) is 2. The maximum Gasteiger partial charge on any atom is 0.228 e. The van der Waals surface area contributed by atoms with E-state index in [1.54, 1.807) is 18.2 Å². The lowest BCUT2D eigenvalue weighted by Gasteiger charge is -2.38. The molecule has 0 radical (unpaired) electrons. The van der Waals surface area contributed by atoms with Crippen LogP contribution in [0.5, 0.6) is 0 Å². The van der Waals surface area contributed by atoms with Gasteiger partial charge in [-0.05, 0) is 62.8 Å². The Kier molecular flexibility index (Phi) is 4.80. The second kappa shape index (κ2) is 7.27. The third kappa shape index (κ3) is 3.35. The number of benzene rings is 2. The van der Waals surface area contributed by atoms with E-state index in [9.17, 15) is 4.79 Å². The van der Waals surface area contributed by atoms with Gasteiger partial charge in [0.05, 0.1) is 17.1 Å². The zero-order valence-corrected chi connectivity index (χ0v) is 16.4. The molecule has 3 aromatic rings. The molecule has 0 bridgehead atoms. The van der Waals surface area contributed by atoms with E-state index in [0.29, 0.717) is 22.4 Å². The third-order valence-electron chi connectivity index (χ3n) is 5.43. The van der Waals surface area contributed by atoms with Crippen molar-refractivity contribution >= 4 is 34.2 Å². The molecule has 1 aliphatic rings. The van der Waals surface area contributed by atoms with Gasteiger partial charge in [-0.15, -0.1) is 0 Å². The number of hydrogen-bond acceptors (Lipinski definition) is 4. The molecule has 0 atom stereocenters. The van der Waals surface area contributed by atoms with Crippen molar-refractivity contribution in [3.63, 3.8) is 0 Å². The lowest BCUT2D eigenvalue weighted by atomic mass is 9.79. The summed E-state index contributed by atoms with van der Waals surface area (Å²) < 4.78 is 0. The van der Waals surface area contributed by atoms with Gasteiger partial charge in [-0.2, -0.15) is 10.4 Å². The number of H-pyrrole nitrogens is 1. The number of aromatic amines is 1. The van der Waals surface area contributed by atoms with Gasteiger partial charge in [0.25, 0.3) is 0 Å². The summed E-state index contributed by atoms with van der Waals surface area (Å²) in [6.07, 6.45) is 1.73. The number of aromatic nitrogens is 2. The summed E-state index contributed by atoms with van der Waals surface area (Å²) in [5.41, 5.74) is 3.00. The Morgan fingerprint density at radius 1 is 1.29 bits per heavy atom. The highest BCUT2D eigenvalue weighted by Crippen LogP contribution is 2.34. The molecule has 1 amide bonds. The summed E-state index contributed by atoms with van der Waals surface area (Å²) in [7, 11) is 4.07. The summed E-state index contributed by atoms with van der Waals surface area (Å²) in [4.78, 5) is 14.7. The number of carbonyl (C=O) groups excluding carboxylic acids is 1. The minimum atomic E-state index is 0.00131. The van der Waals surface area contributed by atoms with Crippen molar-refractivity contribution in [1.82, 2.24) is 15.1 Å². The predicted molar refractivity (Wildman–Crippen MR) is 110 cm³/mol. The molecule has 2 aromatic carbocycles. The minimum absolute atomic E-state index is 0.00131. The topological polar surface area (TPSA) is 84.8 Å². The maximum atomic E-state index is 12.6. The largest absolute Gasteiger partial charge is 0.308 e. The lowest BCUT2D eigenvalue weighted by molar-refractivity contribution is -0.124. The molecular weight excluding hydrogens is 374 g/mol. The highest BCUT2D eigenvalue weighted by atomic mass is 35.5. The zero-order valence-electron chi connectivity index (χ0n) is 15.7. The Bertz CT molecular complexity index is 1090. The lowest BCUT2D eigenvalue weighted by Crippen LogP contribution is -2.45. The Morgan fingerprint density at radius 2 is 2.07 bits per heavy atom. The van der Waals surface area contributed by atoms with Crippen LogP contribution in [0.1, 0.15) is 18.4 Å². The van der Waals surface area contributed by atoms with Crippen LogP contribution in [0.3, 0.4) is 0 Å². The minimum Gasteiger partial charge on any atom is -0.308 e. The second-order valence-corrected chi connectivity index (χ2v) is 7.82. The van der Waals surface area contributed by atoms with Crippen molar-refractivity contribution in [2.24, 2.45) is 5.92 Å². The van der Waals surface area contributed by atoms with Crippen molar-refractivity contribution in [3.8, 4) is 17.2 Å². The van der Waals surface area contributed by atoms with Crippen LogP contribution in [0.4, 0.5) is 5.82 Å². The fourth-order valence-electron chi connectivity index (χ4n) is 3.54. The van der Waals surface area contributed by atoms with E-state index in [1.807, 2.05) is 32.3 Å². The second-order valence-electron chi connectivity index (χ2n) is 7.41. The van der Waals surface area contributed by atoms with Gasteiger partial charge in [0, 0.05) is 27.9 Å². The first-order valence-corrected chi connectivity index (χ1v) is 9.49. The van der Waals surface area contributed by atoms with Crippen LogP contribution >= 0.6 is 11.6 Å². The highest BCUT2D eigenvalue weighted by molar-refractivity contribution is 6.33. The van der Waals surface area contributed by atoms with Gasteiger partial charge in [-0.1, -0.05) is 17.7 Å². The molecule has 0 saturated heterocycles. The molecule has 142 valence electrons. The normalized spacial score (nSPS) is 18.7. The summed E-state index contributed by atoms with van der Waals surface area (Å²) in [5.74, 6) is 0.535. The van der Waals surface area contributed by atoms with Gasteiger partial charge in [-0.3, -0.25) is 9.89 Å². The zero-order chi connectivity index (χ0) is 19.8. The van der Waals surface area contributed by atoms with Crippen molar-refractivity contribution in [2.75, 3.05) is 19.4 Å². The summed E-state index contributed by atoms with van der Waals surface area (Å²) in [6.45, 7) is 0. The van der Waals surface area contributed by atoms with Crippen molar-refractivity contribution in [2.45, 2.75) is 18.9 Å². The number of nitrogens with zero attached hydrogens (tertiary/aromatic N) is 3. The molecule has 1 aromatic heterocycles. The van der Waals surface area contributed by atoms with Crippen LogP contribution in [0, 0.1) is 17.2 Å². The molecule has 1 saturated carbocycles. The van der Waals surface area contributed by atoms with Gasteiger partial charge >= 0.3 is 0 Å². The monoisotopic (exact) mass is 393 g/mol. The number of nitriles is 1. The SMILES string of the molecule is CN(C)C1CC(C(=O)Nc2n[nH]c3ccc(-c4cc(C#N)ccc4Cl)cc23)C1. The number of anilines is 1. The molecule has 4 rings (SSSR count).